The predicted octanol–water partition coefficient (Wildman–Crippen LogP) is 6.89. The lowest BCUT2D eigenvalue weighted by Crippen LogP contribution is -2.42. The minimum absolute atomic E-state index is 0.00231. The van der Waals surface area contributed by atoms with Gasteiger partial charge in [-0.1, -0.05) is 32.0 Å². The Kier molecular flexibility index (Phi) is 8.48. The number of anilines is 1. The van der Waals surface area contributed by atoms with Gasteiger partial charge in [0.05, 0.1) is 19.9 Å². The number of benzene rings is 3. The quantitative estimate of drug-likeness (QED) is 0.204. The molecule has 3 aromatic carbocycles. The lowest BCUT2D eigenvalue weighted by atomic mass is 9.91. The SMILES string of the molecule is COc1ccc(-c2[nH]c3ccc(OCC(=O)NC4CCC(Nc5ccccc5)CC4)cc3c2C(C)C)cc1OC. The molecule has 7 heteroatoms. The second kappa shape index (κ2) is 12.4. The van der Waals surface area contributed by atoms with Crippen molar-refractivity contribution in [2.24, 2.45) is 0 Å². The number of fused-ring (bicyclic) bond motifs is 1. The molecule has 1 saturated carbocycles. The van der Waals surface area contributed by atoms with Crippen LogP contribution in [0, 0.1) is 0 Å². The zero-order valence-electron chi connectivity index (χ0n) is 23.8. The molecule has 5 rings (SSSR count). The molecule has 0 saturated heterocycles. The zero-order valence-corrected chi connectivity index (χ0v) is 23.8. The zero-order chi connectivity index (χ0) is 28.1. The van der Waals surface area contributed by atoms with Crippen molar-refractivity contribution in [1.82, 2.24) is 10.3 Å². The first-order valence-corrected chi connectivity index (χ1v) is 14.1. The number of carbonyl (C=O) groups excluding carboxylic acids is 1. The van der Waals surface area contributed by atoms with E-state index < -0.39 is 0 Å². The fourth-order valence-corrected chi connectivity index (χ4v) is 5.67. The molecule has 1 aromatic heterocycles. The smallest absolute Gasteiger partial charge is 0.258 e. The van der Waals surface area contributed by atoms with Gasteiger partial charge >= 0.3 is 0 Å². The van der Waals surface area contributed by atoms with Crippen LogP contribution in [0.2, 0.25) is 0 Å². The first-order chi connectivity index (χ1) is 19.4. The van der Waals surface area contributed by atoms with Crippen molar-refractivity contribution in [2.45, 2.75) is 57.5 Å². The van der Waals surface area contributed by atoms with Crippen molar-refractivity contribution in [3.05, 3.63) is 72.3 Å². The molecular weight excluding hydrogens is 502 g/mol. The van der Waals surface area contributed by atoms with E-state index in [1.807, 2.05) is 54.6 Å². The third-order valence-corrected chi connectivity index (χ3v) is 7.67. The molecule has 1 aliphatic rings. The molecule has 0 unspecified atom stereocenters. The van der Waals surface area contributed by atoms with Gasteiger partial charge in [0.15, 0.2) is 18.1 Å². The summed E-state index contributed by atoms with van der Waals surface area (Å²) in [6.07, 6.45) is 3.99. The van der Waals surface area contributed by atoms with Crippen molar-refractivity contribution in [1.29, 1.82) is 0 Å². The van der Waals surface area contributed by atoms with Gasteiger partial charge in [-0.2, -0.15) is 0 Å². The minimum atomic E-state index is -0.0799. The largest absolute Gasteiger partial charge is 0.493 e. The Morgan fingerprint density at radius 1 is 0.900 bits per heavy atom. The second-order valence-electron chi connectivity index (χ2n) is 10.8. The molecule has 0 bridgehead atoms. The summed E-state index contributed by atoms with van der Waals surface area (Å²) in [7, 11) is 3.28. The number of para-hydroxylation sites is 1. The number of aromatic nitrogens is 1. The van der Waals surface area contributed by atoms with Crippen molar-refractivity contribution >= 4 is 22.5 Å². The molecule has 210 valence electrons. The monoisotopic (exact) mass is 541 g/mol. The fraction of sp³-hybridized carbons (Fsp3) is 0.364. The molecule has 0 atom stereocenters. The lowest BCUT2D eigenvalue weighted by molar-refractivity contribution is -0.124. The highest BCUT2D eigenvalue weighted by Crippen LogP contribution is 2.39. The van der Waals surface area contributed by atoms with E-state index in [9.17, 15) is 4.79 Å². The first-order valence-electron chi connectivity index (χ1n) is 14.1. The maximum atomic E-state index is 12.7. The van der Waals surface area contributed by atoms with Gasteiger partial charge in [0.2, 0.25) is 0 Å². The summed E-state index contributed by atoms with van der Waals surface area (Å²) < 4.78 is 16.9. The van der Waals surface area contributed by atoms with Crippen molar-refractivity contribution in [3.63, 3.8) is 0 Å². The van der Waals surface area contributed by atoms with Crippen LogP contribution >= 0.6 is 0 Å². The highest BCUT2D eigenvalue weighted by molar-refractivity contribution is 5.92. The number of nitrogens with one attached hydrogen (secondary N) is 3. The number of hydrogen-bond acceptors (Lipinski definition) is 5. The summed E-state index contributed by atoms with van der Waals surface area (Å²) in [6.45, 7) is 4.35. The molecule has 0 spiro atoms. The first kappa shape index (κ1) is 27.4. The molecule has 4 aromatic rings. The summed E-state index contributed by atoms with van der Waals surface area (Å²) in [5.41, 5.74) is 5.43. The molecule has 7 nitrogen and oxygen atoms in total. The Morgan fingerprint density at radius 2 is 1.62 bits per heavy atom. The standard InChI is InChI=1S/C33H39N3O4/c1-21(2)32-27-19-26(15-16-28(27)36-33(32)22-10-17-29(38-3)30(18-22)39-4)40-20-31(37)35-25-13-11-24(12-14-25)34-23-8-6-5-7-9-23/h5-10,15-19,21,24-25,34,36H,11-14,20H2,1-4H3,(H,35,37). The molecule has 0 radical (unpaired) electrons. The van der Waals surface area contributed by atoms with Crippen LogP contribution < -0.4 is 24.8 Å². The highest BCUT2D eigenvalue weighted by Gasteiger charge is 2.23. The number of H-pyrrole nitrogens is 1. The topological polar surface area (TPSA) is 84.6 Å². The average molecular weight is 542 g/mol. The highest BCUT2D eigenvalue weighted by atomic mass is 16.5. The van der Waals surface area contributed by atoms with Crippen molar-refractivity contribution in [3.8, 4) is 28.5 Å². The van der Waals surface area contributed by atoms with Gasteiger partial charge in [-0.3, -0.25) is 4.79 Å². The average Bonchev–Trinajstić information content (AvgIpc) is 3.36. The number of ether oxygens (including phenoxy) is 3. The second-order valence-corrected chi connectivity index (χ2v) is 10.8. The number of carbonyl (C=O) groups is 1. The van der Waals surface area contributed by atoms with Crippen molar-refractivity contribution in [2.75, 3.05) is 26.1 Å². The normalized spacial score (nSPS) is 17.0. The molecule has 0 aliphatic heterocycles. The summed E-state index contributed by atoms with van der Waals surface area (Å²) in [4.78, 5) is 16.3. The van der Waals surface area contributed by atoms with Gasteiger partial charge < -0.3 is 29.8 Å². The molecule has 40 heavy (non-hydrogen) atoms. The summed E-state index contributed by atoms with van der Waals surface area (Å²) in [5.74, 6) is 2.24. The summed E-state index contributed by atoms with van der Waals surface area (Å²) >= 11 is 0. The van der Waals surface area contributed by atoms with E-state index >= 15 is 0 Å². The Labute approximate surface area is 236 Å². The van der Waals surface area contributed by atoms with Gasteiger partial charge in [0, 0.05) is 34.2 Å². The third kappa shape index (κ3) is 6.19. The number of aromatic amines is 1. The van der Waals surface area contributed by atoms with Gasteiger partial charge in [0.25, 0.3) is 5.91 Å². The third-order valence-electron chi connectivity index (χ3n) is 7.67. The Hall–Kier alpha value is -4.13. The van der Waals surface area contributed by atoms with Gasteiger partial charge in [-0.05, 0) is 85.7 Å². The fourth-order valence-electron chi connectivity index (χ4n) is 5.67. The van der Waals surface area contributed by atoms with E-state index in [-0.39, 0.29) is 24.5 Å². The summed E-state index contributed by atoms with van der Waals surface area (Å²) in [6, 6.07) is 22.8. The summed E-state index contributed by atoms with van der Waals surface area (Å²) in [5, 5.41) is 7.85. The van der Waals surface area contributed by atoms with E-state index in [0.29, 0.717) is 23.3 Å². The molecular formula is C33H39N3O4. The van der Waals surface area contributed by atoms with Gasteiger partial charge in [-0.25, -0.2) is 0 Å². The molecule has 1 heterocycles. The number of methoxy groups -OCH3 is 2. The van der Waals surface area contributed by atoms with E-state index in [1.54, 1.807) is 14.2 Å². The van der Waals surface area contributed by atoms with E-state index in [4.69, 9.17) is 14.2 Å². The van der Waals surface area contributed by atoms with Crippen LogP contribution in [0.3, 0.4) is 0 Å². The van der Waals surface area contributed by atoms with Crippen LogP contribution in [0.25, 0.3) is 22.2 Å². The number of amides is 1. The molecule has 1 amide bonds. The maximum absolute atomic E-state index is 12.7. The van der Waals surface area contributed by atoms with Crippen LogP contribution in [0.1, 0.15) is 51.0 Å². The minimum Gasteiger partial charge on any atom is -0.493 e. The van der Waals surface area contributed by atoms with Crippen LogP contribution in [0.4, 0.5) is 5.69 Å². The Bertz CT molecular complexity index is 1440. The van der Waals surface area contributed by atoms with Crippen LogP contribution in [0.5, 0.6) is 17.2 Å². The Morgan fingerprint density at radius 3 is 2.33 bits per heavy atom. The van der Waals surface area contributed by atoms with E-state index in [2.05, 4.69) is 41.6 Å². The number of rotatable bonds is 10. The Balaban J connectivity index is 1.21. The van der Waals surface area contributed by atoms with Crippen LogP contribution in [0.15, 0.2) is 66.7 Å². The molecule has 1 aliphatic carbocycles. The molecule has 3 N–H and O–H groups in total. The molecule has 1 fully saturated rings. The number of hydrogen-bond donors (Lipinski definition) is 3. The van der Waals surface area contributed by atoms with Crippen molar-refractivity contribution < 1.29 is 19.0 Å². The lowest BCUT2D eigenvalue weighted by Gasteiger charge is -2.30. The van der Waals surface area contributed by atoms with E-state index in [1.165, 1.54) is 5.56 Å². The van der Waals surface area contributed by atoms with Crippen LogP contribution in [-0.2, 0) is 4.79 Å². The van der Waals surface area contributed by atoms with Gasteiger partial charge in [0.1, 0.15) is 5.75 Å². The van der Waals surface area contributed by atoms with E-state index in [0.717, 1.165) is 53.5 Å². The van der Waals surface area contributed by atoms with Gasteiger partial charge in [-0.15, -0.1) is 0 Å². The predicted molar refractivity (Wildman–Crippen MR) is 161 cm³/mol. The van der Waals surface area contributed by atoms with Crippen LogP contribution in [-0.4, -0.2) is 43.8 Å². The maximum Gasteiger partial charge on any atom is 0.258 e.